The Kier molecular flexibility index (Phi) is 3.61. The summed E-state index contributed by atoms with van der Waals surface area (Å²) >= 11 is 6.19. The van der Waals surface area contributed by atoms with E-state index in [1.165, 1.54) is 0 Å². The van der Waals surface area contributed by atoms with Crippen molar-refractivity contribution in [3.05, 3.63) is 41.2 Å². The zero-order chi connectivity index (χ0) is 15.8. The third-order valence-electron chi connectivity index (χ3n) is 4.27. The molecular weight excluding hydrogens is 318 g/mol. The first-order valence-electron chi connectivity index (χ1n) is 7.60. The second kappa shape index (κ2) is 5.77. The van der Waals surface area contributed by atoms with Gasteiger partial charge in [-0.15, -0.1) is 0 Å². The summed E-state index contributed by atoms with van der Waals surface area (Å²) in [5.74, 6) is 1.02. The van der Waals surface area contributed by atoms with Gasteiger partial charge >= 0.3 is 0 Å². The molecule has 0 N–H and O–H groups in total. The molecule has 1 amide bonds. The molecule has 1 atom stereocenters. The second-order valence-electron chi connectivity index (χ2n) is 5.71. The van der Waals surface area contributed by atoms with Gasteiger partial charge in [-0.05, 0) is 31.0 Å². The topological polar surface area (TPSA) is 56.6 Å². The number of halogens is 1. The highest BCUT2D eigenvalue weighted by Crippen LogP contribution is 2.40. The van der Waals surface area contributed by atoms with E-state index in [4.69, 9.17) is 21.1 Å². The second-order valence-corrected chi connectivity index (χ2v) is 6.12. The summed E-state index contributed by atoms with van der Waals surface area (Å²) in [5, 5.41) is 4.64. The van der Waals surface area contributed by atoms with Crippen molar-refractivity contribution in [2.24, 2.45) is 0 Å². The van der Waals surface area contributed by atoms with E-state index in [1.807, 2.05) is 21.8 Å². The first-order valence-corrected chi connectivity index (χ1v) is 7.98. The Morgan fingerprint density at radius 1 is 1.39 bits per heavy atom. The molecule has 1 saturated heterocycles. The molecular formula is C16H16ClN3O3. The van der Waals surface area contributed by atoms with E-state index in [0.29, 0.717) is 28.6 Å². The van der Waals surface area contributed by atoms with Gasteiger partial charge in [0.05, 0.1) is 17.6 Å². The van der Waals surface area contributed by atoms with Crippen LogP contribution in [0.3, 0.4) is 0 Å². The lowest BCUT2D eigenvalue weighted by Gasteiger charge is -2.25. The number of rotatable bonds is 3. The summed E-state index contributed by atoms with van der Waals surface area (Å²) in [6.07, 6.45) is 5.64. The number of nitrogens with zero attached hydrogens (tertiary/aromatic N) is 3. The van der Waals surface area contributed by atoms with E-state index >= 15 is 0 Å². The molecule has 0 unspecified atom stereocenters. The number of likely N-dealkylation sites (tertiary alicyclic amines) is 1. The maximum atomic E-state index is 12.9. The number of hydrogen-bond acceptors (Lipinski definition) is 4. The van der Waals surface area contributed by atoms with Gasteiger partial charge in [-0.1, -0.05) is 11.6 Å². The molecule has 120 valence electrons. The average molecular weight is 334 g/mol. The minimum absolute atomic E-state index is 0.0279. The molecule has 4 rings (SSSR count). The molecule has 2 aliphatic heterocycles. The Hall–Kier alpha value is -2.21. The van der Waals surface area contributed by atoms with Crippen LogP contribution in [0.4, 0.5) is 0 Å². The van der Waals surface area contributed by atoms with Crippen LogP contribution in [0.5, 0.6) is 11.5 Å². The number of hydrogen-bond donors (Lipinski definition) is 0. The van der Waals surface area contributed by atoms with Crippen molar-refractivity contribution in [2.75, 3.05) is 13.3 Å². The van der Waals surface area contributed by atoms with Crippen LogP contribution >= 0.6 is 11.6 Å². The van der Waals surface area contributed by atoms with Gasteiger partial charge in [0, 0.05) is 24.5 Å². The number of carbonyl (C=O) groups excluding carboxylic acids is 1. The maximum Gasteiger partial charge on any atom is 0.254 e. The lowest BCUT2D eigenvalue weighted by atomic mass is 10.1. The number of benzene rings is 1. The standard InChI is InChI=1S/C16H16ClN3O3/c17-13-7-11(8-14-15(13)23-10-22-14)16(21)20-6-1-3-12(20)9-19-5-2-4-18-19/h2,4-5,7-8,12H,1,3,6,9-10H2/t12-/m1/s1. The molecule has 23 heavy (non-hydrogen) atoms. The number of ether oxygens (including phenoxy) is 2. The summed E-state index contributed by atoms with van der Waals surface area (Å²) < 4.78 is 12.5. The molecule has 1 aromatic carbocycles. The quantitative estimate of drug-likeness (QED) is 0.866. The van der Waals surface area contributed by atoms with Crippen molar-refractivity contribution in [1.82, 2.24) is 14.7 Å². The maximum absolute atomic E-state index is 12.9. The van der Waals surface area contributed by atoms with Crippen molar-refractivity contribution >= 4 is 17.5 Å². The van der Waals surface area contributed by atoms with Gasteiger partial charge in [-0.3, -0.25) is 9.48 Å². The number of carbonyl (C=O) groups is 1. The molecule has 1 aromatic heterocycles. The summed E-state index contributed by atoms with van der Waals surface area (Å²) in [4.78, 5) is 14.8. The molecule has 0 saturated carbocycles. The smallest absolute Gasteiger partial charge is 0.254 e. The Labute approximate surface area is 138 Å². The van der Waals surface area contributed by atoms with Crippen molar-refractivity contribution < 1.29 is 14.3 Å². The van der Waals surface area contributed by atoms with Crippen molar-refractivity contribution in [3.63, 3.8) is 0 Å². The van der Waals surface area contributed by atoms with Gasteiger partial charge in [-0.2, -0.15) is 5.10 Å². The van der Waals surface area contributed by atoms with Crippen molar-refractivity contribution in [1.29, 1.82) is 0 Å². The van der Waals surface area contributed by atoms with E-state index in [0.717, 1.165) is 19.4 Å². The van der Waals surface area contributed by atoms with Crippen LogP contribution in [0.25, 0.3) is 0 Å². The Bertz CT molecular complexity index is 732. The highest BCUT2D eigenvalue weighted by atomic mass is 35.5. The minimum atomic E-state index is -0.0279. The van der Waals surface area contributed by atoms with Crippen LogP contribution in [-0.4, -0.2) is 40.0 Å². The van der Waals surface area contributed by atoms with Gasteiger partial charge in [0.15, 0.2) is 11.5 Å². The zero-order valence-corrected chi connectivity index (χ0v) is 13.2. The predicted octanol–water partition coefficient (Wildman–Crippen LogP) is 2.57. The van der Waals surface area contributed by atoms with E-state index in [-0.39, 0.29) is 18.7 Å². The van der Waals surface area contributed by atoms with Crippen molar-refractivity contribution in [2.45, 2.75) is 25.4 Å². The largest absolute Gasteiger partial charge is 0.454 e. The first kappa shape index (κ1) is 14.4. The number of amides is 1. The zero-order valence-electron chi connectivity index (χ0n) is 12.4. The average Bonchev–Trinajstić information content (AvgIpc) is 3.28. The summed E-state index contributed by atoms with van der Waals surface area (Å²) in [7, 11) is 0. The normalized spacial score (nSPS) is 19.3. The summed E-state index contributed by atoms with van der Waals surface area (Å²) in [6.45, 7) is 1.59. The number of aromatic nitrogens is 2. The predicted molar refractivity (Wildman–Crippen MR) is 83.9 cm³/mol. The van der Waals surface area contributed by atoms with Crippen LogP contribution in [-0.2, 0) is 6.54 Å². The Balaban J connectivity index is 1.57. The molecule has 2 aliphatic rings. The molecule has 0 radical (unpaired) electrons. The molecule has 0 aliphatic carbocycles. The SMILES string of the molecule is O=C(c1cc(Cl)c2c(c1)OCO2)N1CCC[C@@H]1Cn1cccn1. The van der Waals surface area contributed by atoms with E-state index in [9.17, 15) is 4.79 Å². The van der Waals surface area contributed by atoms with Gasteiger partial charge in [0.1, 0.15) is 0 Å². The lowest BCUT2D eigenvalue weighted by molar-refractivity contribution is 0.0721. The molecule has 0 bridgehead atoms. The van der Waals surface area contributed by atoms with E-state index in [2.05, 4.69) is 5.10 Å². The highest BCUT2D eigenvalue weighted by molar-refractivity contribution is 6.32. The first-order chi connectivity index (χ1) is 11.2. The lowest BCUT2D eigenvalue weighted by Crippen LogP contribution is -2.38. The van der Waals surface area contributed by atoms with Crippen LogP contribution < -0.4 is 9.47 Å². The molecule has 3 heterocycles. The van der Waals surface area contributed by atoms with Crippen LogP contribution in [0.2, 0.25) is 5.02 Å². The fraction of sp³-hybridized carbons (Fsp3) is 0.375. The molecule has 6 nitrogen and oxygen atoms in total. The monoisotopic (exact) mass is 333 g/mol. The Morgan fingerprint density at radius 2 is 2.30 bits per heavy atom. The molecule has 0 spiro atoms. The van der Waals surface area contributed by atoms with Crippen LogP contribution in [0.15, 0.2) is 30.6 Å². The van der Waals surface area contributed by atoms with Crippen LogP contribution in [0.1, 0.15) is 23.2 Å². The fourth-order valence-corrected chi connectivity index (χ4v) is 3.44. The minimum Gasteiger partial charge on any atom is -0.454 e. The molecule has 7 heteroatoms. The van der Waals surface area contributed by atoms with Gasteiger partial charge in [-0.25, -0.2) is 0 Å². The summed E-state index contributed by atoms with van der Waals surface area (Å²) in [5.41, 5.74) is 0.534. The third kappa shape index (κ3) is 2.63. The molecule has 1 fully saturated rings. The molecule has 2 aromatic rings. The highest BCUT2D eigenvalue weighted by Gasteiger charge is 2.31. The van der Waals surface area contributed by atoms with Crippen LogP contribution in [0, 0.1) is 0 Å². The van der Waals surface area contributed by atoms with Crippen molar-refractivity contribution in [3.8, 4) is 11.5 Å². The number of fused-ring (bicyclic) bond motifs is 1. The van der Waals surface area contributed by atoms with Gasteiger partial charge in [0.2, 0.25) is 6.79 Å². The third-order valence-corrected chi connectivity index (χ3v) is 4.55. The van der Waals surface area contributed by atoms with Gasteiger partial charge in [0.25, 0.3) is 5.91 Å². The fourth-order valence-electron chi connectivity index (χ4n) is 3.17. The Morgan fingerprint density at radius 3 is 3.13 bits per heavy atom. The summed E-state index contributed by atoms with van der Waals surface area (Å²) in [6, 6.07) is 5.39. The van der Waals surface area contributed by atoms with E-state index in [1.54, 1.807) is 18.3 Å². The van der Waals surface area contributed by atoms with Gasteiger partial charge < -0.3 is 14.4 Å². The van der Waals surface area contributed by atoms with E-state index < -0.39 is 0 Å².